The Morgan fingerprint density at radius 3 is 2.38 bits per heavy atom. The number of sulfonamides is 1. The molecule has 1 aliphatic rings. The number of fused-ring (bicyclic) bond motifs is 1. The fraction of sp³-hybridized carbons (Fsp3) is 0.136. The number of benzene rings is 3. The number of anilines is 1. The Hall–Kier alpha value is -2.94. The molecule has 1 atom stereocenters. The minimum atomic E-state index is -3.86. The number of hydrogen-bond donors (Lipinski definition) is 2. The van der Waals surface area contributed by atoms with Crippen LogP contribution in [-0.4, -0.2) is 21.1 Å². The van der Waals surface area contributed by atoms with E-state index in [0.29, 0.717) is 22.7 Å². The Labute approximate surface area is 195 Å². The van der Waals surface area contributed by atoms with Crippen LogP contribution >= 0.6 is 23.2 Å². The van der Waals surface area contributed by atoms with Crippen LogP contribution in [0.25, 0.3) is 0 Å². The van der Waals surface area contributed by atoms with Crippen molar-refractivity contribution in [2.24, 2.45) is 0 Å². The van der Waals surface area contributed by atoms with Crippen molar-refractivity contribution in [1.82, 2.24) is 5.32 Å². The normalized spacial score (nSPS) is 13.5. The Morgan fingerprint density at radius 2 is 1.66 bits per heavy atom. The van der Waals surface area contributed by atoms with Gasteiger partial charge in [0.05, 0.1) is 21.0 Å². The van der Waals surface area contributed by atoms with Gasteiger partial charge in [-0.25, -0.2) is 8.42 Å². The molecule has 0 radical (unpaired) electrons. The van der Waals surface area contributed by atoms with Crippen molar-refractivity contribution in [1.29, 1.82) is 0 Å². The second kappa shape index (κ2) is 8.90. The smallest absolute Gasteiger partial charge is 0.261 e. The molecule has 1 heterocycles. The molecule has 0 bridgehead atoms. The number of amides is 1. The van der Waals surface area contributed by atoms with Gasteiger partial charge in [-0.2, -0.15) is 0 Å². The molecular formula is C22H18Cl2N2O5S. The molecule has 0 unspecified atom stereocenters. The molecule has 0 saturated heterocycles. The Kier molecular flexibility index (Phi) is 6.19. The summed E-state index contributed by atoms with van der Waals surface area (Å²) in [6, 6.07) is 15.3. The molecule has 3 aromatic rings. The van der Waals surface area contributed by atoms with Crippen LogP contribution in [-0.2, 0) is 10.0 Å². The maximum Gasteiger partial charge on any atom is 0.261 e. The van der Waals surface area contributed by atoms with Gasteiger partial charge < -0.3 is 14.8 Å². The van der Waals surface area contributed by atoms with Crippen molar-refractivity contribution in [3.63, 3.8) is 0 Å². The number of carbonyl (C=O) groups excluding carboxylic acids is 1. The average molecular weight is 493 g/mol. The molecule has 1 aliphatic heterocycles. The molecular weight excluding hydrogens is 475 g/mol. The fourth-order valence-electron chi connectivity index (χ4n) is 3.09. The first-order chi connectivity index (χ1) is 15.2. The van der Waals surface area contributed by atoms with Crippen LogP contribution in [0, 0.1) is 0 Å². The van der Waals surface area contributed by atoms with Crippen LogP contribution in [0.1, 0.15) is 28.9 Å². The van der Waals surface area contributed by atoms with Crippen molar-refractivity contribution < 1.29 is 22.7 Å². The largest absolute Gasteiger partial charge is 0.454 e. The van der Waals surface area contributed by atoms with Gasteiger partial charge in [-0.15, -0.1) is 0 Å². The number of halogens is 2. The van der Waals surface area contributed by atoms with Gasteiger partial charge in [-0.05, 0) is 67.1 Å². The first-order valence-electron chi connectivity index (χ1n) is 9.51. The zero-order valence-electron chi connectivity index (χ0n) is 16.8. The van der Waals surface area contributed by atoms with Gasteiger partial charge in [-0.3, -0.25) is 9.52 Å². The molecule has 0 fully saturated rings. The fourth-order valence-corrected chi connectivity index (χ4v) is 4.54. The topological polar surface area (TPSA) is 93.7 Å². The van der Waals surface area contributed by atoms with Gasteiger partial charge in [0.15, 0.2) is 11.5 Å². The Morgan fingerprint density at radius 1 is 0.938 bits per heavy atom. The summed E-state index contributed by atoms with van der Waals surface area (Å²) >= 11 is 11.8. The number of hydrogen-bond acceptors (Lipinski definition) is 5. The SMILES string of the molecule is C[C@H](NC(=O)c1ccc(NS(=O)(=O)c2ccc(Cl)c(Cl)c2)cc1)c1ccc2c(c1)OCO2. The lowest BCUT2D eigenvalue weighted by Gasteiger charge is -2.15. The number of nitrogens with one attached hydrogen (secondary N) is 2. The number of rotatable bonds is 6. The molecule has 0 saturated carbocycles. The van der Waals surface area contributed by atoms with Crippen molar-refractivity contribution >= 4 is 44.8 Å². The molecule has 7 nitrogen and oxygen atoms in total. The van der Waals surface area contributed by atoms with Gasteiger partial charge in [0.2, 0.25) is 6.79 Å². The second-order valence-corrected chi connectivity index (χ2v) is 9.56. The van der Waals surface area contributed by atoms with E-state index in [-0.39, 0.29) is 33.7 Å². The molecule has 166 valence electrons. The van der Waals surface area contributed by atoms with Gasteiger partial charge in [0.25, 0.3) is 15.9 Å². The summed E-state index contributed by atoms with van der Waals surface area (Å²) in [6.45, 7) is 2.04. The summed E-state index contributed by atoms with van der Waals surface area (Å²) in [5.74, 6) is 1.02. The van der Waals surface area contributed by atoms with Crippen LogP contribution in [0.4, 0.5) is 5.69 Å². The van der Waals surface area contributed by atoms with Crippen LogP contribution in [0.2, 0.25) is 10.0 Å². The summed E-state index contributed by atoms with van der Waals surface area (Å²) in [5.41, 5.74) is 1.56. The highest BCUT2D eigenvalue weighted by molar-refractivity contribution is 7.92. The van der Waals surface area contributed by atoms with E-state index in [1.54, 1.807) is 6.07 Å². The highest BCUT2D eigenvalue weighted by atomic mass is 35.5. The summed E-state index contributed by atoms with van der Waals surface area (Å²) in [5, 5.41) is 3.30. The van der Waals surface area contributed by atoms with Gasteiger partial charge in [0.1, 0.15) is 0 Å². The lowest BCUT2D eigenvalue weighted by Crippen LogP contribution is -2.26. The molecule has 0 spiro atoms. The summed E-state index contributed by atoms with van der Waals surface area (Å²) in [7, 11) is -3.86. The molecule has 3 aromatic carbocycles. The maximum atomic E-state index is 12.6. The lowest BCUT2D eigenvalue weighted by molar-refractivity contribution is 0.0940. The van der Waals surface area contributed by atoms with E-state index in [1.165, 1.54) is 42.5 Å². The average Bonchev–Trinajstić information content (AvgIpc) is 3.23. The third-order valence-electron chi connectivity index (χ3n) is 4.84. The van der Waals surface area contributed by atoms with Crippen LogP contribution < -0.4 is 19.5 Å². The number of ether oxygens (including phenoxy) is 2. The van der Waals surface area contributed by atoms with Crippen molar-refractivity contribution in [3.05, 3.63) is 81.8 Å². The van der Waals surface area contributed by atoms with E-state index in [9.17, 15) is 13.2 Å². The monoisotopic (exact) mass is 492 g/mol. The van der Waals surface area contributed by atoms with Crippen LogP contribution in [0.15, 0.2) is 65.6 Å². The van der Waals surface area contributed by atoms with E-state index in [2.05, 4.69) is 10.0 Å². The van der Waals surface area contributed by atoms with Gasteiger partial charge in [0, 0.05) is 11.3 Å². The highest BCUT2D eigenvalue weighted by Crippen LogP contribution is 2.34. The van der Waals surface area contributed by atoms with E-state index in [1.807, 2.05) is 19.1 Å². The number of carbonyl (C=O) groups is 1. The Bertz CT molecular complexity index is 1280. The van der Waals surface area contributed by atoms with Gasteiger partial charge >= 0.3 is 0 Å². The first kappa shape index (κ1) is 22.3. The predicted molar refractivity (Wildman–Crippen MR) is 122 cm³/mol. The predicted octanol–water partition coefficient (Wildman–Crippen LogP) is 5.01. The molecule has 0 aromatic heterocycles. The summed E-state index contributed by atoms with van der Waals surface area (Å²) in [6.07, 6.45) is 0. The molecule has 32 heavy (non-hydrogen) atoms. The molecule has 10 heteroatoms. The van der Waals surface area contributed by atoms with Crippen molar-refractivity contribution in [2.45, 2.75) is 17.9 Å². The van der Waals surface area contributed by atoms with Crippen molar-refractivity contribution in [3.8, 4) is 11.5 Å². The first-order valence-corrected chi connectivity index (χ1v) is 11.8. The molecule has 2 N–H and O–H groups in total. The maximum absolute atomic E-state index is 12.6. The quantitative estimate of drug-likeness (QED) is 0.504. The van der Waals surface area contributed by atoms with Crippen LogP contribution in [0.3, 0.4) is 0 Å². The third-order valence-corrected chi connectivity index (χ3v) is 6.96. The van der Waals surface area contributed by atoms with E-state index in [0.717, 1.165) is 5.56 Å². The molecule has 4 rings (SSSR count). The molecule has 0 aliphatic carbocycles. The summed E-state index contributed by atoms with van der Waals surface area (Å²) in [4.78, 5) is 12.6. The van der Waals surface area contributed by atoms with E-state index < -0.39 is 10.0 Å². The Balaban J connectivity index is 1.42. The minimum Gasteiger partial charge on any atom is -0.454 e. The lowest BCUT2D eigenvalue weighted by atomic mass is 10.1. The minimum absolute atomic E-state index is 0.0220. The summed E-state index contributed by atoms with van der Waals surface area (Å²) < 4.78 is 38.2. The molecule has 1 amide bonds. The van der Waals surface area contributed by atoms with E-state index in [4.69, 9.17) is 32.7 Å². The third kappa shape index (κ3) is 4.77. The van der Waals surface area contributed by atoms with Gasteiger partial charge in [-0.1, -0.05) is 29.3 Å². The standard InChI is InChI=1S/C22H18Cl2N2O5S/c1-13(15-4-9-20-21(10-15)31-12-30-20)25-22(27)14-2-5-16(6-3-14)26-32(28,29)17-7-8-18(23)19(24)11-17/h2-11,13,26H,12H2,1H3,(H,25,27)/t13-/m0/s1. The zero-order valence-corrected chi connectivity index (χ0v) is 19.1. The zero-order chi connectivity index (χ0) is 22.9. The van der Waals surface area contributed by atoms with E-state index >= 15 is 0 Å². The second-order valence-electron chi connectivity index (χ2n) is 7.07. The van der Waals surface area contributed by atoms with Crippen molar-refractivity contribution in [2.75, 3.05) is 11.5 Å². The highest BCUT2D eigenvalue weighted by Gasteiger charge is 2.18. The van der Waals surface area contributed by atoms with Crippen LogP contribution in [0.5, 0.6) is 11.5 Å².